The van der Waals surface area contributed by atoms with E-state index in [0.29, 0.717) is 9.88 Å². The molecule has 0 radical (unpaired) electrons. The number of thiophene rings is 1. The van der Waals surface area contributed by atoms with Crippen LogP contribution >= 0.6 is 22.7 Å². The van der Waals surface area contributed by atoms with E-state index in [-0.39, 0.29) is 10.8 Å². The number of nitriles is 1. The van der Waals surface area contributed by atoms with Gasteiger partial charge in [0.1, 0.15) is 20.2 Å². The highest BCUT2D eigenvalue weighted by atomic mass is 32.2. The van der Waals surface area contributed by atoms with Gasteiger partial charge in [0.15, 0.2) is 0 Å². The lowest BCUT2D eigenvalue weighted by atomic mass is 10.5. The van der Waals surface area contributed by atoms with Gasteiger partial charge >= 0.3 is 0 Å². The molecule has 2 aromatic heterocycles. The van der Waals surface area contributed by atoms with Gasteiger partial charge in [-0.15, -0.1) is 22.7 Å². The molecule has 2 rings (SSSR count). The van der Waals surface area contributed by atoms with Crippen molar-refractivity contribution in [3.05, 3.63) is 33.1 Å². The summed E-state index contributed by atoms with van der Waals surface area (Å²) in [4.78, 5) is 4.55. The Morgan fingerprint density at radius 2 is 2.28 bits per heavy atom. The van der Waals surface area contributed by atoms with E-state index in [2.05, 4.69) is 9.71 Å². The van der Waals surface area contributed by atoms with Crippen LogP contribution in [0.4, 0.5) is 0 Å². The summed E-state index contributed by atoms with van der Waals surface area (Å²) in [5.74, 6) is 0. The molecule has 0 bridgehead atoms. The van der Waals surface area contributed by atoms with E-state index in [1.54, 1.807) is 0 Å². The third-order valence-electron chi connectivity index (χ3n) is 2.04. The predicted octanol–water partition coefficient (Wildman–Crippen LogP) is 1.86. The number of rotatable bonds is 4. The van der Waals surface area contributed by atoms with Crippen LogP contribution in [0.25, 0.3) is 0 Å². The molecule has 0 aliphatic carbocycles. The van der Waals surface area contributed by atoms with E-state index in [4.69, 9.17) is 5.26 Å². The van der Waals surface area contributed by atoms with Gasteiger partial charge in [0.25, 0.3) is 0 Å². The highest BCUT2D eigenvalue weighted by Crippen LogP contribution is 2.21. The lowest BCUT2D eigenvalue weighted by Gasteiger charge is -2.01. The maximum absolute atomic E-state index is 11.9. The quantitative estimate of drug-likeness (QED) is 0.934. The molecule has 0 aliphatic rings. The second kappa shape index (κ2) is 5.16. The maximum Gasteiger partial charge on any atom is 0.250 e. The van der Waals surface area contributed by atoms with Crippen molar-refractivity contribution in [3.63, 3.8) is 0 Å². The molecule has 0 fully saturated rings. The summed E-state index contributed by atoms with van der Waals surface area (Å²) in [6.45, 7) is 2.02. The summed E-state index contributed by atoms with van der Waals surface area (Å²) in [7, 11) is -3.55. The Morgan fingerprint density at radius 3 is 2.83 bits per heavy atom. The van der Waals surface area contributed by atoms with Crippen LogP contribution in [0.5, 0.6) is 0 Å². The van der Waals surface area contributed by atoms with E-state index >= 15 is 0 Å². The minimum Gasteiger partial charge on any atom is -0.245 e. The number of nitrogens with one attached hydrogen (secondary N) is 1. The Labute approximate surface area is 113 Å². The molecule has 0 aliphatic heterocycles. The van der Waals surface area contributed by atoms with Gasteiger partial charge in [0, 0.05) is 11.1 Å². The monoisotopic (exact) mass is 299 g/mol. The van der Waals surface area contributed by atoms with E-state index in [1.165, 1.54) is 23.5 Å². The minimum atomic E-state index is -3.55. The van der Waals surface area contributed by atoms with Crippen LogP contribution in [-0.2, 0) is 16.6 Å². The summed E-state index contributed by atoms with van der Waals surface area (Å²) in [5.41, 5.74) is 0.872. The van der Waals surface area contributed by atoms with Crippen LogP contribution in [0.3, 0.4) is 0 Å². The zero-order valence-corrected chi connectivity index (χ0v) is 11.8. The first-order valence-corrected chi connectivity index (χ1v) is 8.10. The fourth-order valence-electron chi connectivity index (χ4n) is 1.24. The molecule has 0 spiro atoms. The number of aryl methyl sites for hydroxylation is 1. The molecule has 0 saturated carbocycles. The highest BCUT2D eigenvalue weighted by molar-refractivity contribution is 7.91. The molecule has 2 heterocycles. The van der Waals surface area contributed by atoms with Gasteiger partial charge in [-0.1, -0.05) is 0 Å². The number of hydrogen-bond acceptors (Lipinski definition) is 6. The van der Waals surface area contributed by atoms with Gasteiger partial charge in [-0.2, -0.15) is 5.26 Å². The smallest absolute Gasteiger partial charge is 0.245 e. The molecule has 1 N–H and O–H groups in total. The van der Waals surface area contributed by atoms with Gasteiger partial charge in [0.2, 0.25) is 10.0 Å². The first-order chi connectivity index (χ1) is 8.51. The third-order valence-corrected chi connectivity index (χ3v) is 5.89. The predicted molar refractivity (Wildman–Crippen MR) is 69.9 cm³/mol. The average Bonchev–Trinajstić information content (AvgIpc) is 2.95. The molecule has 0 saturated heterocycles. The molecular weight excluding hydrogens is 290 g/mol. The van der Waals surface area contributed by atoms with Crippen molar-refractivity contribution < 1.29 is 8.42 Å². The van der Waals surface area contributed by atoms with Crippen LogP contribution < -0.4 is 4.72 Å². The van der Waals surface area contributed by atoms with Gasteiger partial charge in [-0.05, 0) is 19.1 Å². The first-order valence-electron chi connectivity index (χ1n) is 4.92. The SMILES string of the molecule is Cc1csc(CNS(=O)(=O)c2ccc(C#N)s2)n1. The average molecular weight is 299 g/mol. The number of sulfonamides is 1. The zero-order chi connectivity index (χ0) is 13.2. The zero-order valence-electron chi connectivity index (χ0n) is 9.37. The third kappa shape index (κ3) is 2.94. The summed E-state index contributed by atoms with van der Waals surface area (Å²) >= 11 is 2.36. The van der Waals surface area contributed by atoms with E-state index < -0.39 is 10.0 Å². The molecule has 94 valence electrons. The highest BCUT2D eigenvalue weighted by Gasteiger charge is 2.17. The van der Waals surface area contributed by atoms with Crippen molar-refractivity contribution >= 4 is 32.7 Å². The van der Waals surface area contributed by atoms with Crippen molar-refractivity contribution in [2.45, 2.75) is 17.7 Å². The van der Waals surface area contributed by atoms with Crippen molar-refractivity contribution in [1.29, 1.82) is 5.26 Å². The number of nitrogens with zero attached hydrogens (tertiary/aromatic N) is 2. The van der Waals surface area contributed by atoms with Crippen molar-refractivity contribution in [3.8, 4) is 6.07 Å². The largest absolute Gasteiger partial charge is 0.250 e. The molecule has 2 aromatic rings. The lowest BCUT2D eigenvalue weighted by molar-refractivity contribution is 0.583. The van der Waals surface area contributed by atoms with Gasteiger partial charge < -0.3 is 0 Å². The Hall–Kier alpha value is -1.27. The molecule has 18 heavy (non-hydrogen) atoms. The molecule has 0 atom stereocenters. The second-order valence-corrected chi connectivity index (χ2v) is 7.46. The number of thiazole rings is 1. The Kier molecular flexibility index (Phi) is 3.77. The standard InChI is InChI=1S/C10H9N3O2S3/c1-7-6-16-9(13-7)5-12-18(14,15)10-3-2-8(4-11)17-10/h2-3,6,12H,5H2,1H3. The summed E-state index contributed by atoms with van der Waals surface area (Å²) in [6, 6.07) is 4.83. The van der Waals surface area contributed by atoms with Crippen LogP contribution in [0.2, 0.25) is 0 Å². The van der Waals surface area contributed by atoms with Crippen molar-refractivity contribution in [1.82, 2.24) is 9.71 Å². The van der Waals surface area contributed by atoms with Gasteiger partial charge in [-0.3, -0.25) is 0 Å². The van der Waals surface area contributed by atoms with Crippen molar-refractivity contribution in [2.24, 2.45) is 0 Å². The molecule has 5 nitrogen and oxygen atoms in total. The van der Waals surface area contributed by atoms with E-state index in [0.717, 1.165) is 17.0 Å². The topological polar surface area (TPSA) is 82.9 Å². The van der Waals surface area contributed by atoms with Crippen LogP contribution in [0, 0.1) is 18.3 Å². The summed E-state index contributed by atoms with van der Waals surface area (Å²) < 4.78 is 26.4. The van der Waals surface area contributed by atoms with Crippen molar-refractivity contribution in [2.75, 3.05) is 0 Å². The van der Waals surface area contributed by atoms with Crippen LogP contribution in [0.1, 0.15) is 15.6 Å². The number of aromatic nitrogens is 1. The minimum absolute atomic E-state index is 0.146. The molecule has 0 unspecified atom stereocenters. The molecule has 0 amide bonds. The lowest BCUT2D eigenvalue weighted by Crippen LogP contribution is -2.22. The molecule has 8 heteroatoms. The fourth-order valence-corrected chi connectivity index (χ4v) is 4.17. The van der Waals surface area contributed by atoms with Gasteiger partial charge in [0.05, 0.1) is 6.54 Å². The molecular formula is C10H9N3O2S3. The number of hydrogen-bond donors (Lipinski definition) is 1. The fraction of sp³-hybridized carbons (Fsp3) is 0.200. The van der Waals surface area contributed by atoms with Gasteiger partial charge in [-0.25, -0.2) is 18.1 Å². The Balaban J connectivity index is 2.10. The maximum atomic E-state index is 11.9. The van der Waals surface area contributed by atoms with E-state index in [1.807, 2.05) is 18.4 Å². The normalized spacial score (nSPS) is 11.3. The van der Waals surface area contributed by atoms with E-state index in [9.17, 15) is 8.42 Å². The second-order valence-electron chi connectivity index (χ2n) is 3.44. The molecule has 0 aromatic carbocycles. The summed E-state index contributed by atoms with van der Waals surface area (Å²) in [6.07, 6.45) is 0. The summed E-state index contributed by atoms with van der Waals surface area (Å²) in [5, 5.41) is 11.2. The first kappa shape index (κ1) is 13.2. The van der Waals surface area contributed by atoms with Crippen LogP contribution in [0.15, 0.2) is 21.7 Å². The Morgan fingerprint density at radius 1 is 1.50 bits per heavy atom. The Bertz CT molecular complexity index is 694. The van der Waals surface area contributed by atoms with Crippen LogP contribution in [-0.4, -0.2) is 13.4 Å².